The van der Waals surface area contributed by atoms with Crippen LogP contribution in [0.15, 0.2) is 59.2 Å². The van der Waals surface area contributed by atoms with Gasteiger partial charge in [-0.25, -0.2) is 0 Å². The summed E-state index contributed by atoms with van der Waals surface area (Å²) in [6.45, 7) is 0. The molecule has 0 bridgehead atoms. The van der Waals surface area contributed by atoms with Gasteiger partial charge in [-0.1, -0.05) is 34.1 Å². The Morgan fingerprint density at radius 2 is 2.00 bits per heavy atom. The van der Waals surface area contributed by atoms with Crippen LogP contribution >= 0.6 is 15.9 Å². The number of carbonyl (C=O) groups excluding carboxylic acids is 1. The van der Waals surface area contributed by atoms with Crippen LogP contribution in [-0.2, 0) is 0 Å². The average Bonchev–Trinajstić information content (AvgIpc) is 2.95. The number of halogens is 1. The minimum atomic E-state index is -0.496. The number of carbonyl (C=O) groups is 1. The van der Waals surface area contributed by atoms with Gasteiger partial charge in [-0.3, -0.25) is 9.89 Å². The Morgan fingerprint density at radius 1 is 1.18 bits per heavy atom. The quantitative estimate of drug-likeness (QED) is 0.746. The molecule has 22 heavy (non-hydrogen) atoms. The van der Waals surface area contributed by atoms with E-state index < -0.39 is 5.91 Å². The number of hydrogen-bond donors (Lipinski definition) is 2. The molecule has 3 N–H and O–H groups in total. The van der Waals surface area contributed by atoms with Gasteiger partial charge in [-0.05, 0) is 30.3 Å². The molecule has 0 aliphatic carbocycles. The lowest BCUT2D eigenvalue weighted by atomic mass is 10.1. The summed E-state index contributed by atoms with van der Waals surface area (Å²) in [6, 6.07) is 14.5. The van der Waals surface area contributed by atoms with E-state index in [1.807, 2.05) is 24.3 Å². The molecule has 0 fully saturated rings. The molecular formula is C16H12BrN3O2. The van der Waals surface area contributed by atoms with E-state index in [0.29, 0.717) is 17.1 Å². The lowest BCUT2D eigenvalue weighted by Crippen LogP contribution is -2.10. The fraction of sp³-hybridized carbons (Fsp3) is 0. The summed E-state index contributed by atoms with van der Waals surface area (Å²) in [5.41, 5.74) is 7.36. The van der Waals surface area contributed by atoms with Crippen LogP contribution in [-0.4, -0.2) is 16.1 Å². The fourth-order valence-electron chi connectivity index (χ4n) is 2.04. The van der Waals surface area contributed by atoms with E-state index in [2.05, 4.69) is 26.1 Å². The van der Waals surface area contributed by atoms with E-state index in [1.165, 1.54) is 0 Å². The van der Waals surface area contributed by atoms with Gasteiger partial charge in [0.25, 0.3) is 0 Å². The molecule has 3 rings (SSSR count). The molecule has 0 unspecified atom stereocenters. The first-order valence-electron chi connectivity index (χ1n) is 6.50. The number of primary amides is 1. The van der Waals surface area contributed by atoms with Crippen molar-refractivity contribution in [1.82, 2.24) is 10.2 Å². The number of nitrogens with one attached hydrogen (secondary N) is 1. The fourth-order valence-corrected chi connectivity index (χ4v) is 2.44. The van der Waals surface area contributed by atoms with Crippen LogP contribution < -0.4 is 10.5 Å². The van der Waals surface area contributed by atoms with Gasteiger partial charge in [0.2, 0.25) is 5.91 Å². The highest BCUT2D eigenvalue weighted by molar-refractivity contribution is 9.10. The van der Waals surface area contributed by atoms with Crippen LogP contribution in [0.5, 0.6) is 11.5 Å². The van der Waals surface area contributed by atoms with Gasteiger partial charge >= 0.3 is 0 Å². The van der Waals surface area contributed by atoms with E-state index in [0.717, 1.165) is 15.7 Å². The zero-order chi connectivity index (χ0) is 15.5. The Kier molecular flexibility index (Phi) is 3.93. The first kappa shape index (κ1) is 14.3. The van der Waals surface area contributed by atoms with Crippen molar-refractivity contribution in [2.45, 2.75) is 0 Å². The number of rotatable bonds is 4. The Balaban J connectivity index is 1.93. The number of nitrogens with two attached hydrogens (primary N) is 1. The minimum absolute atomic E-state index is 0.394. The predicted molar refractivity (Wildman–Crippen MR) is 86.8 cm³/mol. The van der Waals surface area contributed by atoms with Gasteiger partial charge in [0, 0.05) is 15.6 Å². The van der Waals surface area contributed by atoms with Crippen molar-refractivity contribution in [3.05, 3.63) is 64.8 Å². The monoisotopic (exact) mass is 357 g/mol. The van der Waals surface area contributed by atoms with Crippen molar-refractivity contribution in [3.63, 3.8) is 0 Å². The third kappa shape index (κ3) is 3.01. The second kappa shape index (κ2) is 6.03. The van der Waals surface area contributed by atoms with Crippen LogP contribution in [0.3, 0.4) is 0 Å². The number of ether oxygens (including phenoxy) is 1. The smallest absolute Gasteiger partial charge is 0.248 e. The topological polar surface area (TPSA) is 81.0 Å². The molecule has 110 valence electrons. The number of aromatic nitrogens is 2. The zero-order valence-corrected chi connectivity index (χ0v) is 13.0. The van der Waals surface area contributed by atoms with Gasteiger partial charge in [0.1, 0.15) is 11.4 Å². The van der Waals surface area contributed by atoms with Crippen LogP contribution in [0, 0.1) is 0 Å². The van der Waals surface area contributed by atoms with E-state index in [4.69, 9.17) is 10.5 Å². The first-order valence-corrected chi connectivity index (χ1v) is 7.30. The van der Waals surface area contributed by atoms with Crippen molar-refractivity contribution in [2.75, 3.05) is 0 Å². The predicted octanol–water partition coefficient (Wildman–Crippen LogP) is 3.73. The molecule has 0 saturated heterocycles. The standard InChI is InChI=1S/C16H12BrN3O2/c17-12-5-1-3-10(7-12)15-14(9-19-20-15)22-13-6-2-4-11(8-13)16(18)21/h1-9H,(H2,18,21)(H,19,20). The maximum absolute atomic E-state index is 11.2. The van der Waals surface area contributed by atoms with Gasteiger partial charge in [0.05, 0.1) is 6.20 Å². The van der Waals surface area contributed by atoms with Gasteiger partial charge < -0.3 is 10.5 Å². The van der Waals surface area contributed by atoms with Crippen molar-refractivity contribution in [3.8, 4) is 22.8 Å². The molecule has 0 aliphatic heterocycles. The molecule has 0 aliphatic rings. The zero-order valence-electron chi connectivity index (χ0n) is 11.4. The second-order valence-electron chi connectivity index (χ2n) is 4.61. The molecule has 1 aromatic heterocycles. The number of aromatic amines is 1. The maximum atomic E-state index is 11.2. The Labute approximate surface area is 135 Å². The number of amides is 1. The van der Waals surface area contributed by atoms with Crippen molar-refractivity contribution < 1.29 is 9.53 Å². The van der Waals surface area contributed by atoms with E-state index in [-0.39, 0.29) is 0 Å². The second-order valence-corrected chi connectivity index (χ2v) is 5.53. The molecule has 2 aromatic carbocycles. The lowest BCUT2D eigenvalue weighted by Gasteiger charge is -2.07. The summed E-state index contributed by atoms with van der Waals surface area (Å²) in [6.07, 6.45) is 1.59. The summed E-state index contributed by atoms with van der Waals surface area (Å²) in [5, 5.41) is 6.94. The number of hydrogen-bond acceptors (Lipinski definition) is 3. The van der Waals surface area contributed by atoms with Crippen LogP contribution in [0.1, 0.15) is 10.4 Å². The highest BCUT2D eigenvalue weighted by Crippen LogP contribution is 2.32. The number of benzene rings is 2. The maximum Gasteiger partial charge on any atom is 0.248 e. The third-order valence-corrected chi connectivity index (χ3v) is 3.56. The summed E-state index contributed by atoms with van der Waals surface area (Å²) in [7, 11) is 0. The summed E-state index contributed by atoms with van der Waals surface area (Å²) in [5.74, 6) is 0.596. The highest BCUT2D eigenvalue weighted by Gasteiger charge is 2.11. The van der Waals surface area contributed by atoms with E-state index in [1.54, 1.807) is 30.5 Å². The van der Waals surface area contributed by atoms with Crippen molar-refractivity contribution in [1.29, 1.82) is 0 Å². The van der Waals surface area contributed by atoms with Gasteiger partial charge in [-0.15, -0.1) is 0 Å². The Morgan fingerprint density at radius 3 is 2.77 bits per heavy atom. The Bertz CT molecular complexity index is 830. The minimum Gasteiger partial charge on any atom is -0.453 e. The van der Waals surface area contributed by atoms with Crippen molar-refractivity contribution >= 4 is 21.8 Å². The van der Waals surface area contributed by atoms with Gasteiger partial charge in [-0.2, -0.15) is 5.10 Å². The van der Waals surface area contributed by atoms with Crippen LogP contribution in [0.2, 0.25) is 0 Å². The molecule has 1 heterocycles. The first-order chi connectivity index (χ1) is 10.6. The summed E-state index contributed by atoms with van der Waals surface area (Å²) >= 11 is 3.44. The molecule has 0 spiro atoms. The van der Waals surface area contributed by atoms with Crippen molar-refractivity contribution in [2.24, 2.45) is 5.73 Å². The molecule has 0 saturated carbocycles. The SMILES string of the molecule is NC(=O)c1cccc(Oc2cn[nH]c2-c2cccc(Br)c2)c1. The van der Waals surface area contributed by atoms with Crippen LogP contribution in [0.25, 0.3) is 11.3 Å². The van der Waals surface area contributed by atoms with Crippen LogP contribution in [0.4, 0.5) is 0 Å². The molecule has 6 heteroatoms. The summed E-state index contributed by atoms with van der Waals surface area (Å²) in [4.78, 5) is 11.2. The van der Waals surface area contributed by atoms with Gasteiger partial charge in [0.15, 0.2) is 5.75 Å². The Hall–Kier alpha value is -2.60. The highest BCUT2D eigenvalue weighted by atomic mass is 79.9. The largest absolute Gasteiger partial charge is 0.453 e. The van der Waals surface area contributed by atoms with E-state index >= 15 is 0 Å². The normalized spacial score (nSPS) is 10.4. The average molecular weight is 358 g/mol. The van der Waals surface area contributed by atoms with E-state index in [9.17, 15) is 4.79 Å². The number of nitrogens with zero attached hydrogens (tertiary/aromatic N) is 1. The summed E-state index contributed by atoms with van der Waals surface area (Å²) < 4.78 is 6.78. The molecular weight excluding hydrogens is 346 g/mol. The third-order valence-electron chi connectivity index (χ3n) is 3.06. The molecule has 3 aromatic rings. The molecule has 0 atom stereocenters. The molecule has 0 radical (unpaired) electrons. The number of H-pyrrole nitrogens is 1. The lowest BCUT2D eigenvalue weighted by molar-refractivity contribution is 0.1000. The molecule has 1 amide bonds. The molecule has 5 nitrogen and oxygen atoms in total.